The average molecular weight is 304 g/mol. The molecule has 1 aromatic carbocycles. The summed E-state index contributed by atoms with van der Waals surface area (Å²) in [5.41, 5.74) is 2.93. The molecule has 0 aliphatic rings. The molecule has 0 bridgehead atoms. The first kappa shape index (κ1) is 18.2. The Labute approximate surface area is 133 Å². The number of hydrogen-bond acceptors (Lipinski definition) is 2. The van der Waals surface area contributed by atoms with E-state index in [9.17, 15) is 9.59 Å². The number of aryl methyl sites for hydroxylation is 2. The number of unbranched alkanes of at least 4 members (excludes halogenated alkanes) is 2. The molecule has 0 aromatic heterocycles. The quantitative estimate of drug-likeness (QED) is 0.781. The Balaban J connectivity index is 2.70. The van der Waals surface area contributed by atoms with Crippen molar-refractivity contribution in [3.63, 3.8) is 0 Å². The molecule has 0 fully saturated rings. The van der Waals surface area contributed by atoms with Crippen LogP contribution in [0.5, 0.6) is 0 Å². The van der Waals surface area contributed by atoms with Gasteiger partial charge >= 0.3 is 11.8 Å². The zero-order valence-corrected chi connectivity index (χ0v) is 14.2. The molecule has 0 unspecified atom stereocenters. The predicted octanol–water partition coefficient (Wildman–Crippen LogP) is 3.67. The normalized spacial score (nSPS) is 10.4. The zero-order chi connectivity index (χ0) is 16.5. The van der Waals surface area contributed by atoms with E-state index >= 15 is 0 Å². The van der Waals surface area contributed by atoms with Crippen molar-refractivity contribution in [3.05, 3.63) is 29.3 Å². The van der Waals surface area contributed by atoms with Crippen LogP contribution in [0.1, 0.15) is 50.7 Å². The number of nitrogens with zero attached hydrogens (tertiary/aromatic N) is 1. The van der Waals surface area contributed by atoms with E-state index in [4.69, 9.17) is 0 Å². The van der Waals surface area contributed by atoms with E-state index in [1.165, 1.54) is 0 Å². The fourth-order valence-corrected chi connectivity index (χ4v) is 2.16. The minimum absolute atomic E-state index is 0.430. The minimum atomic E-state index is -0.546. The summed E-state index contributed by atoms with van der Waals surface area (Å²) in [4.78, 5) is 26.2. The van der Waals surface area contributed by atoms with Crippen molar-refractivity contribution in [3.8, 4) is 0 Å². The molecule has 1 N–H and O–H groups in total. The van der Waals surface area contributed by atoms with Gasteiger partial charge in [-0.2, -0.15) is 0 Å². The molecule has 4 nitrogen and oxygen atoms in total. The van der Waals surface area contributed by atoms with E-state index in [0.717, 1.165) is 36.8 Å². The second-order valence-electron chi connectivity index (χ2n) is 5.75. The average Bonchev–Trinajstić information content (AvgIpc) is 2.50. The van der Waals surface area contributed by atoms with E-state index < -0.39 is 11.8 Å². The number of rotatable bonds is 7. The SMILES string of the molecule is CCCCN(CCCC)C(=O)C(=O)Nc1ccc(C)c(C)c1. The fourth-order valence-electron chi connectivity index (χ4n) is 2.16. The molecular weight excluding hydrogens is 276 g/mol. The Hall–Kier alpha value is -1.84. The van der Waals surface area contributed by atoms with Crippen molar-refractivity contribution >= 4 is 17.5 Å². The monoisotopic (exact) mass is 304 g/mol. The van der Waals surface area contributed by atoms with Crippen molar-refractivity contribution in [1.29, 1.82) is 0 Å². The Bertz CT molecular complexity index is 504. The standard InChI is InChI=1S/C18H28N2O2/c1-5-7-11-20(12-8-6-2)18(22)17(21)19-16-10-9-14(3)15(4)13-16/h9-10,13H,5-8,11-12H2,1-4H3,(H,19,21). The van der Waals surface area contributed by atoms with Gasteiger partial charge in [0, 0.05) is 18.8 Å². The largest absolute Gasteiger partial charge is 0.334 e. The van der Waals surface area contributed by atoms with Crippen LogP contribution in [-0.4, -0.2) is 29.8 Å². The molecule has 1 aromatic rings. The van der Waals surface area contributed by atoms with Crippen LogP contribution in [0.3, 0.4) is 0 Å². The van der Waals surface area contributed by atoms with Gasteiger partial charge in [-0.25, -0.2) is 0 Å². The third-order valence-electron chi connectivity index (χ3n) is 3.81. The van der Waals surface area contributed by atoms with Gasteiger partial charge in [0.2, 0.25) is 0 Å². The van der Waals surface area contributed by atoms with Gasteiger partial charge in [-0.05, 0) is 49.9 Å². The van der Waals surface area contributed by atoms with E-state index in [0.29, 0.717) is 18.8 Å². The van der Waals surface area contributed by atoms with Crippen molar-refractivity contribution in [1.82, 2.24) is 4.90 Å². The van der Waals surface area contributed by atoms with Crippen molar-refractivity contribution < 1.29 is 9.59 Å². The number of hydrogen-bond donors (Lipinski definition) is 1. The Morgan fingerprint density at radius 2 is 1.59 bits per heavy atom. The number of carbonyl (C=O) groups excluding carboxylic acids is 2. The van der Waals surface area contributed by atoms with Crippen LogP contribution >= 0.6 is 0 Å². The van der Waals surface area contributed by atoms with Gasteiger partial charge in [-0.1, -0.05) is 32.8 Å². The number of carbonyl (C=O) groups is 2. The zero-order valence-electron chi connectivity index (χ0n) is 14.2. The molecule has 0 aliphatic carbocycles. The summed E-state index contributed by atoms with van der Waals surface area (Å²) < 4.78 is 0. The van der Waals surface area contributed by atoms with Crippen LogP contribution in [0.4, 0.5) is 5.69 Å². The lowest BCUT2D eigenvalue weighted by Crippen LogP contribution is -2.40. The lowest BCUT2D eigenvalue weighted by atomic mass is 10.1. The molecular formula is C18H28N2O2. The van der Waals surface area contributed by atoms with Crippen LogP contribution in [0.2, 0.25) is 0 Å². The number of anilines is 1. The third-order valence-corrected chi connectivity index (χ3v) is 3.81. The van der Waals surface area contributed by atoms with Crippen LogP contribution in [-0.2, 0) is 9.59 Å². The molecule has 2 amide bonds. The highest BCUT2D eigenvalue weighted by molar-refractivity contribution is 6.39. The summed E-state index contributed by atoms with van der Waals surface area (Å²) in [5, 5.41) is 2.71. The molecule has 1 rings (SSSR count). The molecule has 0 saturated heterocycles. The summed E-state index contributed by atoms with van der Waals surface area (Å²) in [6, 6.07) is 5.67. The maximum atomic E-state index is 12.3. The van der Waals surface area contributed by atoms with Gasteiger partial charge in [0.25, 0.3) is 0 Å². The van der Waals surface area contributed by atoms with Crippen LogP contribution in [0.25, 0.3) is 0 Å². The fraction of sp³-hybridized carbons (Fsp3) is 0.556. The molecule has 122 valence electrons. The number of amides is 2. The van der Waals surface area contributed by atoms with Gasteiger partial charge in [-0.3, -0.25) is 9.59 Å². The van der Waals surface area contributed by atoms with Gasteiger partial charge in [0.1, 0.15) is 0 Å². The highest BCUT2D eigenvalue weighted by Crippen LogP contribution is 2.14. The minimum Gasteiger partial charge on any atom is -0.334 e. The van der Waals surface area contributed by atoms with E-state index in [1.54, 1.807) is 4.90 Å². The molecule has 0 heterocycles. The predicted molar refractivity (Wildman–Crippen MR) is 90.9 cm³/mol. The van der Waals surface area contributed by atoms with Crippen LogP contribution < -0.4 is 5.32 Å². The van der Waals surface area contributed by atoms with Crippen molar-refractivity contribution in [2.24, 2.45) is 0 Å². The summed E-state index contributed by atoms with van der Waals surface area (Å²) in [6.07, 6.45) is 3.86. The van der Waals surface area contributed by atoms with Crippen molar-refractivity contribution in [2.75, 3.05) is 18.4 Å². The van der Waals surface area contributed by atoms with E-state index in [1.807, 2.05) is 32.0 Å². The van der Waals surface area contributed by atoms with Gasteiger partial charge < -0.3 is 10.2 Å². The van der Waals surface area contributed by atoms with E-state index in [2.05, 4.69) is 19.2 Å². The number of nitrogens with one attached hydrogen (secondary N) is 1. The first-order valence-electron chi connectivity index (χ1n) is 8.17. The molecule has 0 saturated carbocycles. The molecule has 0 radical (unpaired) electrons. The second-order valence-corrected chi connectivity index (χ2v) is 5.75. The van der Waals surface area contributed by atoms with Gasteiger partial charge in [0.05, 0.1) is 0 Å². The summed E-state index contributed by atoms with van der Waals surface area (Å²) >= 11 is 0. The summed E-state index contributed by atoms with van der Waals surface area (Å²) in [7, 11) is 0. The highest BCUT2D eigenvalue weighted by atomic mass is 16.2. The maximum Gasteiger partial charge on any atom is 0.313 e. The lowest BCUT2D eigenvalue weighted by molar-refractivity contribution is -0.143. The third kappa shape index (κ3) is 5.51. The second kappa shape index (κ2) is 9.23. The molecule has 0 aliphatic heterocycles. The maximum absolute atomic E-state index is 12.3. The Morgan fingerprint density at radius 3 is 2.09 bits per heavy atom. The van der Waals surface area contributed by atoms with Crippen LogP contribution in [0.15, 0.2) is 18.2 Å². The summed E-state index contributed by atoms with van der Waals surface area (Å²) in [6.45, 7) is 9.46. The first-order chi connectivity index (χ1) is 10.5. The van der Waals surface area contributed by atoms with Gasteiger partial charge in [-0.15, -0.1) is 0 Å². The molecule has 0 spiro atoms. The lowest BCUT2D eigenvalue weighted by Gasteiger charge is -2.21. The van der Waals surface area contributed by atoms with Crippen LogP contribution in [0, 0.1) is 13.8 Å². The Morgan fingerprint density at radius 1 is 1.00 bits per heavy atom. The molecule has 0 atom stereocenters. The highest BCUT2D eigenvalue weighted by Gasteiger charge is 2.21. The van der Waals surface area contributed by atoms with E-state index in [-0.39, 0.29) is 0 Å². The molecule has 22 heavy (non-hydrogen) atoms. The summed E-state index contributed by atoms with van der Waals surface area (Å²) in [5.74, 6) is -0.976. The topological polar surface area (TPSA) is 49.4 Å². The molecule has 4 heteroatoms. The smallest absolute Gasteiger partial charge is 0.313 e. The first-order valence-corrected chi connectivity index (χ1v) is 8.17. The van der Waals surface area contributed by atoms with Gasteiger partial charge in [0.15, 0.2) is 0 Å². The Kier molecular flexibility index (Phi) is 7.64. The van der Waals surface area contributed by atoms with Crippen molar-refractivity contribution in [2.45, 2.75) is 53.4 Å². The number of benzene rings is 1.